The summed E-state index contributed by atoms with van der Waals surface area (Å²) in [5.74, 6) is 0.315. The first-order chi connectivity index (χ1) is 10.5. The maximum absolute atomic E-state index is 12.5. The van der Waals surface area contributed by atoms with Gasteiger partial charge in [-0.3, -0.25) is 0 Å². The van der Waals surface area contributed by atoms with Crippen LogP contribution in [-0.2, 0) is 14.4 Å². The highest BCUT2D eigenvalue weighted by molar-refractivity contribution is 6.20. The SMILES string of the molecule is CCCC(=NOCC)C1=C(O)CC2(CCC(C)CC2)OC1=O. The summed E-state index contributed by atoms with van der Waals surface area (Å²) in [5.41, 5.74) is 0.186. The summed E-state index contributed by atoms with van der Waals surface area (Å²) in [6, 6.07) is 0. The van der Waals surface area contributed by atoms with E-state index in [0.29, 0.717) is 31.1 Å². The van der Waals surface area contributed by atoms with Gasteiger partial charge in [-0.05, 0) is 44.9 Å². The normalized spacial score (nSPS) is 29.7. The minimum absolute atomic E-state index is 0.109. The topological polar surface area (TPSA) is 68.1 Å². The van der Waals surface area contributed by atoms with Crippen molar-refractivity contribution in [3.63, 3.8) is 0 Å². The third kappa shape index (κ3) is 3.62. The van der Waals surface area contributed by atoms with Crippen LogP contribution < -0.4 is 0 Å². The second-order valence-corrected chi connectivity index (χ2v) is 6.46. The first-order valence-corrected chi connectivity index (χ1v) is 8.36. The van der Waals surface area contributed by atoms with E-state index in [0.717, 1.165) is 32.1 Å². The van der Waals surface area contributed by atoms with Crippen LogP contribution in [0.5, 0.6) is 0 Å². The fourth-order valence-corrected chi connectivity index (χ4v) is 3.24. The van der Waals surface area contributed by atoms with Crippen molar-refractivity contribution < 1.29 is 19.5 Å². The number of hydrogen-bond donors (Lipinski definition) is 1. The highest BCUT2D eigenvalue weighted by atomic mass is 16.6. The van der Waals surface area contributed by atoms with Crippen LogP contribution in [0, 0.1) is 5.92 Å². The van der Waals surface area contributed by atoms with E-state index in [-0.39, 0.29) is 11.3 Å². The number of rotatable bonds is 5. The Bertz CT molecular complexity index is 473. The van der Waals surface area contributed by atoms with Crippen LogP contribution in [0.3, 0.4) is 0 Å². The van der Waals surface area contributed by atoms with Crippen molar-refractivity contribution in [2.75, 3.05) is 6.61 Å². The van der Waals surface area contributed by atoms with Crippen molar-refractivity contribution in [1.82, 2.24) is 0 Å². The molecule has 5 nitrogen and oxygen atoms in total. The molecule has 0 aromatic carbocycles. The Hall–Kier alpha value is -1.52. The molecule has 1 N–H and O–H groups in total. The molecule has 0 aromatic rings. The van der Waals surface area contributed by atoms with Gasteiger partial charge in [-0.1, -0.05) is 25.4 Å². The summed E-state index contributed by atoms with van der Waals surface area (Å²) in [6.45, 7) is 6.47. The Labute approximate surface area is 132 Å². The Balaban J connectivity index is 2.23. The Kier molecular flexibility index (Phi) is 5.48. The molecule has 0 bridgehead atoms. The lowest BCUT2D eigenvalue weighted by molar-refractivity contribution is -0.162. The molecular weight excluding hydrogens is 282 g/mol. The van der Waals surface area contributed by atoms with Crippen LogP contribution in [0.2, 0.25) is 0 Å². The summed E-state index contributed by atoms with van der Waals surface area (Å²) >= 11 is 0. The lowest BCUT2D eigenvalue weighted by Crippen LogP contribution is -2.44. The van der Waals surface area contributed by atoms with Gasteiger partial charge in [-0.2, -0.15) is 0 Å². The molecule has 2 rings (SSSR count). The molecule has 22 heavy (non-hydrogen) atoms. The molecule has 0 aromatic heterocycles. The van der Waals surface area contributed by atoms with Crippen molar-refractivity contribution in [3.05, 3.63) is 11.3 Å². The summed E-state index contributed by atoms with van der Waals surface area (Å²) in [7, 11) is 0. The highest BCUT2D eigenvalue weighted by Gasteiger charge is 2.44. The van der Waals surface area contributed by atoms with E-state index in [1.807, 2.05) is 13.8 Å². The van der Waals surface area contributed by atoms with Crippen LogP contribution >= 0.6 is 0 Å². The molecule has 0 saturated heterocycles. The predicted octanol–water partition coefficient (Wildman–Crippen LogP) is 3.89. The van der Waals surface area contributed by atoms with E-state index in [1.54, 1.807) is 0 Å². The fraction of sp³-hybridized carbons (Fsp3) is 0.765. The first-order valence-electron chi connectivity index (χ1n) is 8.36. The molecular formula is C17H27NO4. The summed E-state index contributed by atoms with van der Waals surface area (Å²) in [5, 5.41) is 14.5. The van der Waals surface area contributed by atoms with Gasteiger partial charge < -0.3 is 14.7 Å². The maximum atomic E-state index is 12.5. The first kappa shape index (κ1) is 16.8. The molecule has 5 heteroatoms. The molecule has 1 aliphatic heterocycles. The van der Waals surface area contributed by atoms with Gasteiger partial charge in [-0.25, -0.2) is 4.79 Å². The van der Waals surface area contributed by atoms with Crippen LogP contribution in [-0.4, -0.2) is 29.0 Å². The van der Waals surface area contributed by atoms with Crippen molar-refractivity contribution >= 4 is 11.7 Å². The number of aliphatic hydroxyl groups excluding tert-OH is 1. The van der Waals surface area contributed by atoms with E-state index < -0.39 is 11.6 Å². The Morgan fingerprint density at radius 1 is 1.41 bits per heavy atom. The molecule has 0 radical (unpaired) electrons. The monoisotopic (exact) mass is 309 g/mol. The summed E-state index contributed by atoms with van der Waals surface area (Å²) in [6.07, 6.45) is 5.51. The second-order valence-electron chi connectivity index (χ2n) is 6.46. The van der Waals surface area contributed by atoms with Crippen LogP contribution in [0.1, 0.15) is 65.7 Å². The molecule has 1 heterocycles. The highest BCUT2D eigenvalue weighted by Crippen LogP contribution is 2.42. The predicted molar refractivity (Wildman–Crippen MR) is 84.7 cm³/mol. The van der Waals surface area contributed by atoms with Gasteiger partial charge in [0.05, 0.1) is 5.71 Å². The number of nitrogens with zero attached hydrogens (tertiary/aromatic N) is 1. The number of ether oxygens (including phenoxy) is 1. The van der Waals surface area contributed by atoms with Gasteiger partial charge in [-0.15, -0.1) is 0 Å². The second kappa shape index (κ2) is 7.16. The fourth-order valence-electron chi connectivity index (χ4n) is 3.24. The van der Waals surface area contributed by atoms with Gasteiger partial charge in [0.15, 0.2) is 0 Å². The average molecular weight is 309 g/mol. The molecule has 0 amide bonds. The Morgan fingerprint density at radius 2 is 2.09 bits per heavy atom. The average Bonchev–Trinajstić information content (AvgIpc) is 2.47. The quantitative estimate of drug-likeness (QED) is 0.475. The molecule has 0 atom stereocenters. The van der Waals surface area contributed by atoms with Gasteiger partial charge in [0.2, 0.25) is 0 Å². The number of esters is 1. The minimum atomic E-state index is -0.514. The van der Waals surface area contributed by atoms with Gasteiger partial charge in [0, 0.05) is 6.42 Å². The van der Waals surface area contributed by atoms with E-state index >= 15 is 0 Å². The van der Waals surface area contributed by atoms with E-state index in [4.69, 9.17) is 9.57 Å². The third-order valence-electron chi connectivity index (χ3n) is 4.56. The number of oxime groups is 1. The van der Waals surface area contributed by atoms with Gasteiger partial charge in [0.25, 0.3) is 0 Å². The standard InChI is InChI=1S/C17H27NO4/c1-4-6-13(18-21-5-2)15-14(19)11-17(22-16(15)20)9-7-12(3)8-10-17/h12,19H,4-11H2,1-3H3. The lowest BCUT2D eigenvalue weighted by atomic mass is 9.75. The van der Waals surface area contributed by atoms with E-state index in [2.05, 4.69) is 12.1 Å². The molecule has 124 valence electrons. The smallest absolute Gasteiger partial charge is 0.344 e. The van der Waals surface area contributed by atoms with Crippen molar-refractivity contribution in [2.45, 2.75) is 71.3 Å². The van der Waals surface area contributed by atoms with Gasteiger partial charge in [0.1, 0.15) is 23.5 Å². The van der Waals surface area contributed by atoms with Gasteiger partial charge >= 0.3 is 5.97 Å². The Morgan fingerprint density at radius 3 is 2.64 bits per heavy atom. The zero-order valence-corrected chi connectivity index (χ0v) is 13.9. The number of aliphatic hydroxyl groups is 1. The lowest BCUT2D eigenvalue weighted by Gasteiger charge is -2.41. The van der Waals surface area contributed by atoms with Crippen molar-refractivity contribution in [3.8, 4) is 0 Å². The largest absolute Gasteiger partial charge is 0.511 e. The number of carbonyl (C=O) groups is 1. The molecule has 1 spiro atoms. The summed E-state index contributed by atoms with van der Waals surface area (Å²) in [4.78, 5) is 17.5. The molecule has 1 fully saturated rings. The number of hydrogen-bond acceptors (Lipinski definition) is 5. The molecule has 2 aliphatic rings. The third-order valence-corrected chi connectivity index (χ3v) is 4.56. The van der Waals surface area contributed by atoms with Crippen molar-refractivity contribution in [1.29, 1.82) is 0 Å². The van der Waals surface area contributed by atoms with E-state index in [1.165, 1.54) is 0 Å². The van der Waals surface area contributed by atoms with Crippen LogP contribution in [0.4, 0.5) is 0 Å². The molecule has 1 saturated carbocycles. The maximum Gasteiger partial charge on any atom is 0.344 e. The minimum Gasteiger partial charge on any atom is -0.511 e. The summed E-state index contributed by atoms with van der Waals surface area (Å²) < 4.78 is 5.76. The van der Waals surface area contributed by atoms with Crippen LogP contribution in [0.15, 0.2) is 16.5 Å². The molecule has 1 aliphatic carbocycles. The molecule has 0 unspecified atom stereocenters. The zero-order valence-electron chi connectivity index (χ0n) is 13.9. The van der Waals surface area contributed by atoms with Crippen molar-refractivity contribution in [2.24, 2.45) is 11.1 Å². The zero-order chi connectivity index (χ0) is 16.2. The van der Waals surface area contributed by atoms with E-state index in [9.17, 15) is 9.90 Å². The van der Waals surface area contributed by atoms with Crippen LogP contribution in [0.25, 0.3) is 0 Å². The number of carbonyl (C=O) groups excluding carboxylic acids is 1.